The highest BCUT2D eigenvalue weighted by Gasteiger charge is 2.51. The summed E-state index contributed by atoms with van der Waals surface area (Å²) in [4.78, 5) is 132. The van der Waals surface area contributed by atoms with Crippen molar-refractivity contribution in [1.29, 1.82) is 0 Å². The molecule has 4 aromatic carbocycles. The monoisotopic (exact) mass is 2100 g/mol. The highest BCUT2D eigenvalue weighted by molar-refractivity contribution is 7.14. The van der Waals surface area contributed by atoms with Crippen LogP contribution in [0.15, 0.2) is 168 Å². The maximum atomic E-state index is 14.0. The molecule has 4 amide bonds. The minimum Gasteiger partial charge on any atom is -0.391 e. The number of aryl methyl sites for hydroxylation is 5. The molecule has 11 heterocycles. The molecule has 12 unspecified atom stereocenters. The molecule has 15 rings (SSSR count). The number of thiazole rings is 3. The van der Waals surface area contributed by atoms with Crippen molar-refractivity contribution in [2.24, 2.45) is 28.1 Å². The SMILES string of the molecule is C=C1CC(C(=O)CCc2ccc(-c3scnc3C)cc2)N(C(=O)C(c2cc(C(C)(C)C)no2)C(C)(C)C)C1.CC(CC(=O)C1CC(O)CN1C(=O)C(c1cc(C(C)(C)C)no1)C(C)C)c1ccc(-c2scnc2CO)cc1.CC1CC(C(=O)CCc2ccc(Cl)cc2)N(C(=O)C(c2cc(C(C)(C)C)no2)C(C)(C)C)C1.Cc1ncsc1-c1ccc(CCC(=O)C2CC(O)CN2C(=O)C(c2cc(C(C)(C)C)no2)C(C)(C)C)cc1. The molecule has 0 aliphatic carbocycles. The number of rotatable bonds is 29. The number of hydrogen-bond acceptors (Lipinski definition) is 25. The minimum absolute atomic E-state index is 0.0297. The Hall–Kier alpha value is -10.9. The van der Waals surface area contributed by atoms with Crippen molar-refractivity contribution in [2.45, 2.75) is 352 Å². The van der Waals surface area contributed by atoms with Crippen LogP contribution in [0.4, 0.5) is 0 Å². The summed E-state index contributed by atoms with van der Waals surface area (Å²) >= 11 is 10.7. The number of aromatic nitrogens is 7. The van der Waals surface area contributed by atoms with Crippen molar-refractivity contribution in [2.75, 3.05) is 26.2 Å². The fourth-order valence-corrected chi connectivity index (χ4v) is 22.4. The number of carbonyl (C=O) groups is 8. The summed E-state index contributed by atoms with van der Waals surface area (Å²) in [5, 5.41) is 48.1. The topological polar surface area (TPSA) is 353 Å². The molecule has 0 spiro atoms. The minimum atomic E-state index is -0.745. The number of halogens is 1. The summed E-state index contributed by atoms with van der Waals surface area (Å²) in [6.45, 7) is 60.0. The third-order valence-electron chi connectivity index (χ3n) is 28.4. The number of carbonyl (C=O) groups excluding carboxylic acids is 8. The molecule has 148 heavy (non-hydrogen) atoms. The van der Waals surface area contributed by atoms with Gasteiger partial charge in [0.25, 0.3) is 0 Å². The number of aliphatic hydroxyl groups is 3. The molecule has 3 N–H and O–H groups in total. The molecule has 0 radical (unpaired) electrons. The molecule has 12 atom stereocenters. The van der Waals surface area contributed by atoms with E-state index < -0.39 is 70.9 Å². The number of β-amino-alcohol motifs (C(OH)–C–C–N with tert-alkyl or cyclic N) is 2. The van der Waals surface area contributed by atoms with Crippen molar-refractivity contribution in [3.05, 3.63) is 240 Å². The zero-order valence-electron chi connectivity index (χ0n) is 91.6. The van der Waals surface area contributed by atoms with Gasteiger partial charge in [0.05, 0.1) is 114 Å². The summed E-state index contributed by atoms with van der Waals surface area (Å²) in [6.07, 6.45) is 3.41. The first kappa shape index (κ1) is 116. The third kappa shape index (κ3) is 28.9. The third-order valence-corrected chi connectivity index (χ3v) is 31.5. The molecule has 4 aliphatic heterocycles. The van der Waals surface area contributed by atoms with Crippen LogP contribution in [0.2, 0.25) is 5.02 Å². The first-order valence-corrected chi connectivity index (χ1v) is 54.8. The van der Waals surface area contributed by atoms with Gasteiger partial charge >= 0.3 is 0 Å². The lowest BCUT2D eigenvalue weighted by atomic mass is 9.77. The van der Waals surface area contributed by atoms with Crippen LogP contribution in [0.1, 0.15) is 339 Å². The highest BCUT2D eigenvalue weighted by Crippen LogP contribution is 2.47. The summed E-state index contributed by atoms with van der Waals surface area (Å²) in [7, 11) is 0. The molecule has 26 nitrogen and oxygen atoms in total. The average Bonchev–Trinajstić information content (AvgIpc) is 1.63. The summed E-state index contributed by atoms with van der Waals surface area (Å²) in [6, 6.07) is 37.3. The normalized spacial score (nSPS) is 18.9. The zero-order chi connectivity index (χ0) is 109. The van der Waals surface area contributed by atoms with Crippen LogP contribution in [0.5, 0.6) is 0 Å². The van der Waals surface area contributed by atoms with Gasteiger partial charge in [-0.05, 0) is 131 Å². The van der Waals surface area contributed by atoms with E-state index in [9.17, 15) is 53.7 Å². The van der Waals surface area contributed by atoms with Gasteiger partial charge < -0.3 is 53.0 Å². The largest absolute Gasteiger partial charge is 0.391 e. The Kier molecular flexibility index (Phi) is 37.3. The number of hydrogen-bond donors (Lipinski definition) is 3. The lowest BCUT2D eigenvalue weighted by molar-refractivity contribution is -0.141. The molecule has 7 aromatic heterocycles. The van der Waals surface area contributed by atoms with E-state index >= 15 is 0 Å². The van der Waals surface area contributed by atoms with E-state index in [4.69, 9.17) is 29.7 Å². The molecule has 11 aromatic rings. The Balaban J connectivity index is 0.000000176. The Bertz CT molecular complexity index is 6410. The number of amides is 4. The number of likely N-dealkylation sites (tertiary alicyclic amines) is 4. The molecular weight excluding hydrogens is 1940 g/mol. The van der Waals surface area contributed by atoms with Crippen LogP contribution >= 0.6 is 45.6 Å². The Morgan fingerprint density at radius 2 is 0.757 bits per heavy atom. The Morgan fingerprint density at radius 3 is 1.13 bits per heavy atom. The number of nitrogens with zero attached hydrogens (tertiary/aromatic N) is 11. The molecule has 0 saturated carbocycles. The first-order valence-electron chi connectivity index (χ1n) is 51.8. The van der Waals surface area contributed by atoms with Gasteiger partial charge in [0.15, 0.2) is 23.1 Å². The fourth-order valence-electron chi connectivity index (χ4n) is 19.8. The molecule has 4 saturated heterocycles. The number of Topliss-reactive ketones (excluding diaryl/α,β-unsaturated/α-hetero) is 4. The van der Waals surface area contributed by atoms with E-state index in [-0.39, 0.29) is 131 Å². The lowest BCUT2D eigenvalue weighted by Gasteiger charge is -2.33. The van der Waals surface area contributed by atoms with Gasteiger partial charge in [0.1, 0.15) is 46.7 Å². The second-order valence-corrected chi connectivity index (χ2v) is 51.6. The molecule has 30 heteroatoms. The van der Waals surface area contributed by atoms with Crippen LogP contribution < -0.4 is 0 Å². The Morgan fingerprint density at radius 1 is 0.426 bits per heavy atom. The molecule has 4 fully saturated rings. The number of benzene rings is 4. The van der Waals surface area contributed by atoms with Crippen molar-refractivity contribution in [1.82, 2.24) is 55.2 Å². The van der Waals surface area contributed by atoms with Gasteiger partial charge in [-0.3, -0.25) is 38.4 Å². The van der Waals surface area contributed by atoms with E-state index in [0.29, 0.717) is 98.2 Å². The Labute approximate surface area is 890 Å². The predicted octanol–water partition coefficient (Wildman–Crippen LogP) is 23.8. The molecular formula is C118H154ClN11O15S3. The van der Waals surface area contributed by atoms with Crippen LogP contribution in [0, 0.1) is 41.9 Å². The first-order chi connectivity index (χ1) is 69.2. The molecule has 796 valence electrons. The van der Waals surface area contributed by atoms with Crippen LogP contribution in [0.3, 0.4) is 0 Å². The number of ketones is 4. The van der Waals surface area contributed by atoms with Gasteiger partial charge in [-0.25, -0.2) is 15.0 Å². The highest BCUT2D eigenvalue weighted by atomic mass is 35.5. The summed E-state index contributed by atoms with van der Waals surface area (Å²) < 4.78 is 22.7. The molecule has 4 aliphatic rings. The maximum absolute atomic E-state index is 14.0. The lowest BCUT2D eigenvalue weighted by Crippen LogP contribution is -2.45. The van der Waals surface area contributed by atoms with Crippen LogP contribution in [-0.4, -0.2) is 180 Å². The summed E-state index contributed by atoms with van der Waals surface area (Å²) in [5.74, 6) is -0.471. The van der Waals surface area contributed by atoms with Crippen molar-refractivity contribution < 1.29 is 71.8 Å². The van der Waals surface area contributed by atoms with E-state index in [1.165, 1.54) is 16.2 Å². The quantitative estimate of drug-likeness (QED) is 0.0367. The maximum Gasteiger partial charge on any atom is 0.234 e. The predicted molar refractivity (Wildman–Crippen MR) is 583 cm³/mol. The smallest absolute Gasteiger partial charge is 0.234 e. The second kappa shape index (κ2) is 47.7. The van der Waals surface area contributed by atoms with Crippen LogP contribution in [-0.2, 0) is 85.9 Å². The van der Waals surface area contributed by atoms with Gasteiger partial charge in [0.2, 0.25) is 23.6 Å². The van der Waals surface area contributed by atoms with Gasteiger partial charge in [0, 0.05) is 116 Å². The van der Waals surface area contributed by atoms with Gasteiger partial charge in [-0.1, -0.05) is 302 Å². The zero-order valence-corrected chi connectivity index (χ0v) is 94.8. The van der Waals surface area contributed by atoms with E-state index in [1.807, 2.05) is 234 Å². The van der Waals surface area contributed by atoms with Crippen molar-refractivity contribution >= 4 is 92.4 Å². The van der Waals surface area contributed by atoms with Crippen LogP contribution in [0.25, 0.3) is 31.3 Å². The van der Waals surface area contributed by atoms with Crippen molar-refractivity contribution in [3.63, 3.8) is 0 Å². The number of aliphatic hydroxyl groups excluding tert-OH is 3. The standard InChI is InChI=1S/C31H39N3O3S.C30H39N3O5S.C30H39N3O4S.C27H37ClN2O3/c1-19-15-23(24(35)14-11-21-9-12-22(13-10-21)28-20(2)32-18-38-28)34(17-19)29(36)27(31(6,7)8)25-16-26(33-37-25)30(3,4)5;1-17(2)27(25-13-26(32-38-25)30(4,5)6)29(37)33-14-21(35)12-23(33)24(36)11-18(3)19-7-9-20(10-8-19)28-22(15-34)31-16-39-28;1-18-27(38-17-31-18)20-11-8-19(9-12-20)10-13-23(35)22-14-21(34)16-33(22)28(36)26(30(5,6)7)24-15-25(32-37-24)29(2,3)4;1-17-14-20(21(31)13-10-18-8-11-19(28)12-9-18)30(16-17)25(32)24(27(5,6)7)22-15-23(29-33-22)26(2,3)4/h9-10,12-13,16,18,23,27H,1,11,14-15,17H2,2-8H3;7-10,13,16-18,21,23,27,34-35H,11-12,14-15H2,1-6H3;8-9,11-12,15,17,21-22,26,34H,10,13-14,16H2,1-7H3;8-9,11-12,15,17,20,24H,10,13-14,16H2,1-7H3. The van der Waals surface area contributed by atoms with E-state index in [2.05, 4.69) is 127 Å². The van der Waals surface area contributed by atoms with Crippen molar-refractivity contribution in [3.8, 4) is 31.3 Å². The molecule has 0 bridgehead atoms. The van der Waals surface area contributed by atoms with E-state index in [0.717, 1.165) is 88.4 Å². The summed E-state index contributed by atoms with van der Waals surface area (Å²) in [5.41, 5.74) is 17.6. The van der Waals surface area contributed by atoms with E-state index in [1.54, 1.807) is 47.8 Å². The second-order valence-electron chi connectivity index (χ2n) is 48.6. The average molecular weight is 2100 g/mol. The van der Waals surface area contributed by atoms with Gasteiger partial charge in [-0.15, -0.1) is 34.0 Å². The fraction of sp³-hybridized carbons (Fsp3) is 0.534. The van der Waals surface area contributed by atoms with Gasteiger partial charge in [-0.2, -0.15) is 0 Å².